The van der Waals surface area contributed by atoms with E-state index in [-0.39, 0.29) is 5.75 Å². The Kier molecular flexibility index (Phi) is 5.65. The van der Waals surface area contributed by atoms with Crippen LogP contribution < -0.4 is 0 Å². The monoisotopic (exact) mass is 322 g/mol. The van der Waals surface area contributed by atoms with Crippen LogP contribution in [-0.4, -0.2) is 28.1 Å². The highest BCUT2D eigenvalue weighted by molar-refractivity contribution is 5.50. The fraction of sp³-hybridized carbons (Fsp3) is 0.381. The van der Waals surface area contributed by atoms with E-state index in [0.717, 1.165) is 25.1 Å². The zero-order chi connectivity index (χ0) is 16.8. The van der Waals surface area contributed by atoms with Gasteiger partial charge in [0.25, 0.3) is 0 Å². The first-order valence-corrected chi connectivity index (χ1v) is 8.87. The van der Waals surface area contributed by atoms with Crippen molar-refractivity contribution in [1.29, 1.82) is 0 Å². The quantitative estimate of drug-likeness (QED) is 0.776. The van der Waals surface area contributed by atoms with Gasteiger partial charge in [-0.2, -0.15) is 0 Å². The van der Waals surface area contributed by atoms with Crippen molar-refractivity contribution in [3.8, 4) is 5.75 Å². The first-order chi connectivity index (χ1) is 11.8. The van der Waals surface area contributed by atoms with Gasteiger partial charge < -0.3 is 5.11 Å². The van der Waals surface area contributed by atoms with E-state index in [2.05, 4.69) is 40.7 Å². The highest BCUT2D eigenvalue weighted by Crippen LogP contribution is 2.19. The van der Waals surface area contributed by atoms with E-state index in [9.17, 15) is 5.11 Å². The fourth-order valence-corrected chi connectivity index (χ4v) is 3.36. The summed E-state index contributed by atoms with van der Waals surface area (Å²) >= 11 is 0. The summed E-state index contributed by atoms with van der Waals surface area (Å²) in [5.74, 6) is 0.208. The third-order valence-electron chi connectivity index (χ3n) is 4.77. The molecule has 3 nitrogen and oxygen atoms in total. The van der Waals surface area contributed by atoms with Gasteiger partial charge in [-0.05, 0) is 61.6 Å². The van der Waals surface area contributed by atoms with Gasteiger partial charge in [0, 0.05) is 18.8 Å². The molecule has 1 N–H and O–H groups in total. The summed E-state index contributed by atoms with van der Waals surface area (Å²) in [6.45, 7) is 7.13. The van der Waals surface area contributed by atoms with Gasteiger partial charge in [-0.25, -0.2) is 4.98 Å². The predicted octanol–water partition coefficient (Wildman–Crippen LogP) is 4.20. The van der Waals surface area contributed by atoms with Crippen LogP contribution in [0, 0.1) is 0 Å². The van der Waals surface area contributed by atoms with Crippen LogP contribution in [0.5, 0.6) is 5.75 Å². The van der Waals surface area contributed by atoms with Crippen LogP contribution in [0.4, 0.5) is 0 Å². The van der Waals surface area contributed by atoms with Gasteiger partial charge in [-0.3, -0.25) is 4.90 Å². The minimum absolute atomic E-state index is 0.208. The molecule has 3 heteroatoms. The number of hydrogen-bond acceptors (Lipinski definition) is 3. The zero-order valence-corrected chi connectivity index (χ0v) is 14.2. The Bertz CT molecular complexity index is 696. The van der Waals surface area contributed by atoms with Crippen LogP contribution in [0.2, 0.25) is 0 Å². The second-order valence-corrected chi connectivity index (χ2v) is 6.52. The Morgan fingerprint density at radius 2 is 1.92 bits per heavy atom. The molecule has 1 aromatic carbocycles. The molecule has 0 amide bonds. The number of benzene rings is 1. The topological polar surface area (TPSA) is 36.4 Å². The van der Waals surface area contributed by atoms with Gasteiger partial charge >= 0.3 is 0 Å². The number of unbranched alkanes of at least 4 members (excludes halogenated alkanes) is 2. The van der Waals surface area contributed by atoms with Crippen molar-refractivity contribution >= 4 is 6.08 Å². The summed E-state index contributed by atoms with van der Waals surface area (Å²) in [6, 6.07) is 12.4. The zero-order valence-electron chi connectivity index (χ0n) is 14.2. The third kappa shape index (κ3) is 4.24. The molecule has 126 valence electrons. The van der Waals surface area contributed by atoms with E-state index in [4.69, 9.17) is 0 Å². The van der Waals surface area contributed by atoms with Gasteiger partial charge in [0.15, 0.2) is 0 Å². The van der Waals surface area contributed by atoms with Crippen LogP contribution in [-0.2, 0) is 19.4 Å². The molecular formula is C21H26N2O. The molecule has 2 heterocycles. The summed E-state index contributed by atoms with van der Waals surface area (Å²) in [5.41, 5.74) is 4.63. The summed E-state index contributed by atoms with van der Waals surface area (Å²) in [5, 5.41) is 9.62. The van der Waals surface area contributed by atoms with E-state index in [0.29, 0.717) is 5.69 Å². The van der Waals surface area contributed by atoms with Crippen molar-refractivity contribution in [2.24, 2.45) is 0 Å². The summed E-state index contributed by atoms with van der Waals surface area (Å²) in [4.78, 5) is 6.99. The number of aromatic nitrogens is 1. The van der Waals surface area contributed by atoms with Gasteiger partial charge in [0.05, 0.1) is 0 Å². The molecule has 0 spiro atoms. The number of hydrogen-bond donors (Lipinski definition) is 1. The Hall–Kier alpha value is -2.13. The van der Waals surface area contributed by atoms with Crippen molar-refractivity contribution in [1.82, 2.24) is 9.88 Å². The summed E-state index contributed by atoms with van der Waals surface area (Å²) in [7, 11) is 0. The smallest absolute Gasteiger partial charge is 0.141 e. The number of nitrogens with zero attached hydrogens (tertiary/aromatic N) is 2. The maximum absolute atomic E-state index is 9.62. The maximum atomic E-state index is 9.62. The Morgan fingerprint density at radius 1 is 1.08 bits per heavy atom. The molecule has 3 rings (SSSR count). The van der Waals surface area contributed by atoms with Crippen molar-refractivity contribution < 1.29 is 5.11 Å². The van der Waals surface area contributed by atoms with Gasteiger partial charge in [-0.1, -0.05) is 37.3 Å². The maximum Gasteiger partial charge on any atom is 0.141 e. The van der Waals surface area contributed by atoms with Crippen LogP contribution in [0.1, 0.15) is 41.8 Å². The lowest BCUT2D eigenvalue weighted by Crippen LogP contribution is -2.31. The minimum atomic E-state index is 0.208. The molecule has 0 atom stereocenters. The van der Waals surface area contributed by atoms with Crippen molar-refractivity contribution in [2.75, 3.05) is 13.1 Å². The molecule has 0 saturated heterocycles. The third-order valence-corrected chi connectivity index (χ3v) is 4.77. The predicted molar refractivity (Wildman–Crippen MR) is 99.0 cm³/mol. The SMILES string of the molecule is C=Cc1nc(CCCCCN2CCc3ccccc3C2)ccc1O. The van der Waals surface area contributed by atoms with E-state index in [1.807, 2.05) is 6.07 Å². The molecule has 0 fully saturated rings. The Balaban J connectivity index is 1.38. The summed E-state index contributed by atoms with van der Waals surface area (Å²) in [6.07, 6.45) is 7.33. The van der Waals surface area contributed by atoms with Crippen LogP contribution in [0.15, 0.2) is 43.0 Å². The molecule has 0 aliphatic carbocycles. The first kappa shape index (κ1) is 16.7. The molecule has 0 radical (unpaired) electrons. The first-order valence-electron chi connectivity index (χ1n) is 8.87. The van der Waals surface area contributed by atoms with Crippen molar-refractivity contribution in [3.05, 3.63) is 65.5 Å². The highest BCUT2D eigenvalue weighted by Gasteiger charge is 2.14. The van der Waals surface area contributed by atoms with Crippen LogP contribution in [0.25, 0.3) is 6.08 Å². The second-order valence-electron chi connectivity index (χ2n) is 6.52. The number of aryl methyl sites for hydroxylation is 1. The molecule has 2 aromatic rings. The fourth-order valence-electron chi connectivity index (χ4n) is 3.36. The average molecular weight is 322 g/mol. The average Bonchev–Trinajstić information content (AvgIpc) is 2.62. The number of pyridine rings is 1. The van der Waals surface area contributed by atoms with Gasteiger partial charge in [0.1, 0.15) is 11.4 Å². The molecule has 1 aliphatic heterocycles. The lowest BCUT2D eigenvalue weighted by Gasteiger charge is -2.28. The number of rotatable bonds is 7. The molecule has 1 aliphatic rings. The lowest BCUT2D eigenvalue weighted by molar-refractivity contribution is 0.248. The van der Waals surface area contributed by atoms with Crippen LogP contribution in [0.3, 0.4) is 0 Å². The minimum Gasteiger partial charge on any atom is -0.506 e. The molecule has 0 bridgehead atoms. The Morgan fingerprint density at radius 3 is 2.75 bits per heavy atom. The largest absolute Gasteiger partial charge is 0.506 e. The molecule has 0 unspecified atom stereocenters. The highest BCUT2D eigenvalue weighted by atomic mass is 16.3. The van der Waals surface area contributed by atoms with Crippen LogP contribution >= 0.6 is 0 Å². The van der Waals surface area contributed by atoms with E-state index < -0.39 is 0 Å². The standard InChI is InChI=1S/C21H26N2O/c1-2-20-21(24)12-11-19(22-20)10-4-3-7-14-23-15-13-17-8-5-6-9-18(17)16-23/h2,5-6,8-9,11-12,24H,1,3-4,7,10,13-16H2. The Labute approximate surface area is 144 Å². The summed E-state index contributed by atoms with van der Waals surface area (Å²) < 4.78 is 0. The molecule has 0 saturated carbocycles. The van der Waals surface area contributed by atoms with Crippen molar-refractivity contribution in [2.45, 2.75) is 38.6 Å². The van der Waals surface area contributed by atoms with E-state index in [1.165, 1.54) is 43.5 Å². The van der Waals surface area contributed by atoms with E-state index >= 15 is 0 Å². The number of aromatic hydroxyl groups is 1. The molecule has 24 heavy (non-hydrogen) atoms. The van der Waals surface area contributed by atoms with Gasteiger partial charge in [-0.15, -0.1) is 0 Å². The number of fused-ring (bicyclic) bond motifs is 1. The normalized spacial score (nSPS) is 14.3. The van der Waals surface area contributed by atoms with E-state index in [1.54, 1.807) is 12.1 Å². The second kappa shape index (κ2) is 8.11. The van der Waals surface area contributed by atoms with Crippen molar-refractivity contribution in [3.63, 3.8) is 0 Å². The lowest BCUT2D eigenvalue weighted by atomic mass is 9.99. The molecule has 1 aromatic heterocycles. The van der Waals surface area contributed by atoms with Gasteiger partial charge in [0.2, 0.25) is 0 Å². The molecular weight excluding hydrogens is 296 g/mol.